The van der Waals surface area contributed by atoms with E-state index in [0.29, 0.717) is 6.54 Å². The number of aromatic amines is 2. The minimum Gasteiger partial charge on any atom is -0.341 e. The van der Waals surface area contributed by atoms with Crippen molar-refractivity contribution in [3.63, 3.8) is 0 Å². The van der Waals surface area contributed by atoms with Crippen molar-refractivity contribution in [3.05, 3.63) is 60.7 Å². The molecule has 4 aromatic rings. The molecule has 0 saturated heterocycles. The molecule has 0 aliphatic heterocycles. The quantitative estimate of drug-likeness (QED) is 0.431. The molecule has 4 rings (SSSR count). The molecule has 0 aliphatic carbocycles. The Morgan fingerprint density at radius 2 is 1.41 bits per heavy atom. The van der Waals surface area contributed by atoms with Crippen molar-refractivity contribution in [1.29, 1.82) is 0 Å². The molecule has 6 N–H and O–H groups in total. The van der Waals surface area contributed by atoms with Gasteiger partial charge in [-0.05, 0) is 31.2 Å². The molecule has 0 radical (unpaired) electrons. The first-order valence-corrected chi connectivity index (χ1v) is 8.61. The fourth-order valence-corrected chi connectivity index (χ4v) is 2.74. The lowest BCUT2D eigenvalue weighted by Crippen LogP contribution is -2.06. The average molecular weight is 360 g/mol. The van der Waals surface area contributed by atoms with Gasteiger partial charge in [-0.3, -0.25) is 9.97 Å². The van der Waals surface area contributed by atoms with Gasteiger partial charge < -0.3 is 21.4 Å². The van der Waals surface area contributed by atoms with Crippen LogP contribution in [-0.2, 0) is 6.54 Å². The van der Waals surface area contributed by atoms with Gasteiger partial charge in [-0.15, -0.1) is 0 Å². The van der Waals surface area contributed by atoms with Crippen LogP contribution in [0.25, 0.3) is 33.9 Å². The van der Waals surface area contributed by atoms with Crippen LogP contribution in [0.1, 0.15) is 24.6 Å². The predicted octanol–water partition coefficient (Wildman–Crippen LogP) is 2.40. The van der Waals surface area contributed by atoms with Crippen molar-refractivity contribution >= 4 is 0 Å². The second-order valence-electron chi connectivity index (χ2n) is 6.28. The predicted molar refractivity (Wildman–Crippen MR) is 103 cm³/mol. The third-order valence-corrected chi connectivity index (χ3v) is 4.26. The molecule has 0 saturated carbocycles. The standard InChI is InChI=1S/C19H20N8/c1-11(21)19-25-10-17(27-19)13-3-5-15(23-8-13)14-4-2-12(7-22-14)16-9-24-18(6-20)26-16/h2-5,7-11H,6,20-21H2,1H3,(H,24,26)(H,25,27)/t11-/m0/s1. The average Bonchev–Trinajstić information content (AvgIpc) is 3.38. The highest BCUT2D eigenvalue weighted by Crippen LogP contribution is 2.23. The Morgan fingerprint density at radius 1 is 0.815 bits per heavy atom. The number of rotatable bonds is 5. The number of H-pyrrole nitrogens is 2. The molecular weight excluding hydrogens is 340 g/mol. The second-order valence-corrected chi connectivity index (χ2v) is 6.28. The van der Waals surface area contributed by atoms with Crippen LogP contribution < -0.4 is 11.5 Å². The summed E-state index contributed by atoms with van der Waals surface area (Å²) in [5.41, 5.74) is 16.7. The fourth-order valence-electron chi connectivity index (χ4n) is 2.74. The Morgan fingerprint density at radius 3 is 1.85 bits per heavy atom. The maximum Gasteiger partial charge on any atom is 0.123 e. The van der Waals surface area contributed by atoms with Crippen molar-refractivity contribution < 1.29 is 0 Å². The van der Waals surface area contributed by atoms with Crippen molar-refractivity contribution in [2.24, 2.45) is 11.5 Å². The summed E-state index contributed by atoms with van der Waals surface area (Å²) in [5, 5.41) is 0. The minimum atomic E-state index is -0.135. The van der Waals surface area contributed by atoms with Crippen molar-refractivity contribution in [1.82, 2.24) is 29.9 Å². The van der Waals surface area contributed by atoms with Gasteiger partial charge >= 0.3 is 0 Å². The van der Waals surface area contributed by atoms with E-state index < -0.39 is 0 Å². The maximum absolute atomic E-state index is 5.84. The molecule has 4 heterocycles. The van der Waals surface area contributed by atoms with Gasteiger partial charge in [0, 0.05) is 23.5 Å². The van der Waals surface area contributed by atoms with Crippen LogP contribution in [0.2, 0.25) is 0 Å². The Hall–Kier alpha value is -3.36. The fraction of sp³-hybridized carbons (Fsp3) is 0.158. The zero-order valence-corrected chi connectivity index (χ0v) is 14.8. The summed E-state index contributed by atoms with van der Waals surface area (Å²) in [5.74, 6) is 1.50. The highest BCUT2D eigenvalue weighted by Gasteiger charge is 2.09. The van der Waals surface area contributed by atoms with Crippen LogP contribution in [0.5, 0.6) is 0 Å². The Bertz CT molecular complexity index is 1030. The summed E-state index contributed by atoms with van der Waals surface area (Å²) in [4.78, 5) is 23.9. The molecule has 4 aromatic heterocycles. The molecule has 0 bridgehead atoms. The van der Waals surface area contributed by atoms with Crippen LogP contribution in [0.15, 0.2) is 49.1 Å². The molecule has 136 valence electrons. The summed E-state index contributed by atoms with van der Waals surface area (Å²) < 4.78 is 0. The van der Waals surface area contributed by atoms with E-state index >= 15 is 0 Å². The first-order valence-electron chi connectivity index (χ1n) is 8.61. The smallest absolute Gasteiger partial charge is 0.123 e. The van der Waals surface area contributed by atoms with E-state index in [4.69, 9.17) is 11.5 Å². The molecule has 0 amide bonds. The molecule has 1 atom stereocenters. The van der Waals surface area contributed by atoms with E-state index in [1.165, 1.54) is 0 Å². The summed E-state index contributed by atoms with van der Waals surface area (Å²) >= 11 is 0. The van der Waals surface area contributed by atoms with E-state index in [1.807, 2.05) is 31.2 Å². The van der Waals surface area contributed by atoms with E-state index in [0.717, 1.165) is 45.6 Å². The number of hydrogen-bond donors (Lipinski definition) is 4. The molecule has 8 nitrogen and oxygen atoms in total. The largest absolute Gasteiger partial charge is 0.341 e. The van der Waals surface area contributed by atoms with E-state index in [9.17, 15) is 0 Å². The zero-order chi connectivity index (χ0) is 18.8. The molecule has 8 heteroatoms. The Balaban J connectivity index is 1.54. The summed E-state index contributed by atoms with van der Waals surface area (Å²) in [7, 11) is 0. The molecule has 0 fully saturated rings. The van der Waals surface area contributed by atoms with Gasteiger partial charge in [-0.1, -0.05) is 0 Å². The number of nitrogens with one attached hydrogen (secondary N) is 2. The number of imidazole rings is 2. The molecule has 0 unspecified atom stereocenters. The van der Waals surface area contributed by atoms with Gasteiger partial charge in [0.1, 0.15) is 11.6 Å². The summed E-state index contributed by atoms with van der Waals surface area (Å²) in [6, 6.07) is 7.70. The van der Waals surface area contributed by atoms with Crippen LogP contribution in [0.3, 0.4) is 0 Å². The van der Waals surface area contributed by atoms with Gasteiger partial charge in [-0.25, -0.2) is 9.97 Å². The lowest BCUT2D eigenvalue weighted by molar-refractivity contribution is 0.756. The number of aromatic nitrogens is 6. The van der Waals surface area contributed by atoms with Gasteiger partial charge in [0.15, 0.2) is 0 Å². The molecule has 27 heavy (non-hydrogen) atoms. The highest BCUT2D eigenvalue weighted by atomic mass is 15.0. The van der Waals surface area contributed by atoms with E-state index in [-0.39, 0.29) is 6.04 Å². The second kappa shape index (κ2) is 7.10. The maximum atomic E-state index is 5.84. The van der Waals surface area contributed by atoms with Crippen LogP contribution in [0, 0.1) is 0 Å². The van der Waals surface area contributed by atoms with E-state index in [1.54, 1.807) is 24.8 Å². The van der Waals surface area contributed by atoms with Crippen LogP contribution in [0.4, 0.5) is 0 Å². The minimum absolute atomic E-state index is 0.135. The lowest BCUT2D eigenvalue weighted by Gasteiger charge is -2.04. The number of nitrogens with two attached hydrogens (primary N) is 2. The van der Waals surface area contributed by atoms with Gasteiger partial charge in [-0.2, -0.15) is 0 Å². The number of nitrogens with zero attached hydrogens (tertiary/aromatic N) is 4. The first kappa shape index (κ1) is 17.1. The van der Waals surface area contributed by atoms with Gasteiger partial charge in [0.25, 0.3) is 0 Å². The summed E-state index contributed by atoms with van der Waals surface area (Å²) in [6.45, 7) is 2.27. The molecule has 0 aromatic carbocycles. The van der Waals surface area contributed by atoms with Gasteiger partial charge in [0.05, 0.1) is 47.8 Å². The Kier molecular flexibility index (Phi) is 4.49. The van der Waals surface area contributed by atoms with Gasteiger partial charge in [0.2, 0.25) is 0 Å². The Labute approximate surface area is 156 Å². The van der Waals surface area contributed by atoms with E-state index in [2.05, 4.69) is 29.9 Å². The summed E-state index contributed by atoms with van der Waals surface area (Å²) in [6.07, 6.45) is 7.11. The van der Waals surface area contributed by atoms with Crippen LogP contribution >= 0.6 is 0 Å². The topological polar surface area (TPSA) is 135 Å². The molecular formula is C19H20N8. The van der Waals surface area contributed by atoms with Crippen LogP contribution in [-0.4, -0.2) is 29.9 Å². The van der Waals surface area contributed by atoms with Crippen molar-refractivity contribution in [3.8, 4) is 33.9 Å². The molecule has 0 spiro atoms. The number of pyridine rings is 2. The lowest BCUT2D eigenvalue weighted by atomic mass is 10.1. The third kappa shape index (κ3) is 3.48. The number of hydrogen-bond acceptors (Lipinski definition) is 6. The van der Waals surface area contributed by atoms with Crippen molar-refractivity contribution in [2.45, 2.75) is 19.5 Å². The highest BCUT2D eigenvalue weighted by molar-refractivity contribution is 5.65. The molecule has 0 aliphatic rings. The van der Waals surface area contributed by atoms with Crippen molar-refractivity contribution in [2.75, 3.05) is 0 Å². The normalized spacial score (nSPS) is 12.3. The first-order chi connectivity index (χ1) is 13.1. The third-order valence-electron chi connectivity index (χ3n) is 4.26. The SMILES string of the molecule is C[C@H](N)c1ncc(-c2ccc(-c3ccc(-c4cnc(CN)[nH]4)cn3)nc2)[nH]1. The monoisotopic (exact) mass is 360 g/mol. The zero-order valence-electron chi connectivity index (χ0n) is 14.8.